The van der Waals surface area contributed by atoms with Gasteiger partial charge in [-0.1, -0.05) is 0 Å². The second-order valence-electron chi connectivity index (χ2n) is 1.52. The van der Waals surface area contributed by atoms with Gasteiger partial charge in [0.25, 0.3) is 5.17 Å². The van der Waals surface area contributed by atoms with Crippen LogP contribution in [0.2, 0.25) is 0 Å². The Morgan fingerprint density at radius 3 is 2.60 bits per heavy atom. The number of hydrogen-bond donors (Lipinski definition) is 3. The van der Waals surface area contributed by atoms with Crippen LogP contribution in [0.15, 0.2) is 0 Å². The molecule has 0 radical (unpaired) electrons. The van der Waals surface area contributed by atoms with E-state index in [1.165, 1.54) is 0 Å². The van der Waals surface area contributed by atoms with Crippen molar-refractivity contribution in [2.75, 3.05) is 13.2 Å². The monoisotopic (exact) mass is 174 g/mol. The molecule has 6 heteroatoms. The predicted molar refractivity (Wildman–Crippen MR) is 38.9 cm³/mol. The third-order valence-electron chi connectivity index (χ3n) is 0.690. The van der Waals surface area contributed by atoms with E-state index in [1.807, 2.05) is 0 Å². The molecule has 0 rings (SSSR count). The van der Waals surface area contributed by atoms with E-state index in [0.29, 0.717) is 0 Å². The fraction of sp³-hybridized carbons (Fsp3) is 0.750. The molecule has 0 aromatic heterocycles. The first-order chi connectivity index (χ1) is 4.16. The van der Waals surface area contributed by atoms with E-state index >= 15 is 0 Å². The van der Waals surface area contributed by atoms with Crippen molar-refractivity contribution in [3.8, 4) is 0 Å². The third-order valence-corrected chi connectivity index (χ3v) is 0.808. The Balaban J connectivity index is -0.000000320. The summed E-state index contributed by atoms with van der Waals surface area (Å²) in [5.74, 6) is 0. The summed E-state index contributed by atoms with van der Waals surface area (Å²) in [6.07, 6.45) is -0.675. The van der Waals surface area contributed by atoms with Crippen molar-refractivity contribution in [1.82, 2.24) is 0 Å². The van der Waals surface area contributed by atoms with Gasteiger partial charge in [-0.3, -0.25) is 0 Å². The van der Waals surface area contributed by atoms with Crippen LogP contribution in [0, 0.1) is 0 Å². The van der Waals surface area contributed by atoms with Crippen molar-refractivity contribution in [3.63, 3.8) is 0 Å². The van der Waals surface area contributed by atoms with Crippen molar-refractivity contribution < 1.29 is 40.8 Å². The van der Waals surface area contributed by atoms with Crippen molar-refractivity contribution in [1.29, 1.82) is 0 Å². The number of aliphatic hydroxyl groups excluding tert-OH is 1. The summed E-state index contributed by atoms with van der Waals surface area (Å²) in [6, 6.07) is 0. The summed E-state index contributed by atoms with van der Waals surface area (Å²) in [4.78, 5) is 0. The van der Waals surface area contributed by atoms with Gasteiger partial charge in [0.1, 0.15) is 12.7 Å². The normalized spacial score (nSPS) is 11.4. The quantitative estimate of drug-likeness (QED) is 0.298. The molecule has 0 spiro atoms. The van der Waals surface area contributed by atoms with Crippen LogP contribution >= 0.6 is 12.2 Å². The summed E-state index contributed by atoms with van der Waals surface area (Å²) in [7, 11) is 0. The second-order valence-corrected chi connectivity index (χ2v) is 1.92. The molecule has 0 saturated heterocycles. The zero-order valence-electron chi connectivity index (χ0n) is 6.91. The minimum absolute atomic E-state index is 0. The molecule has 5 N–H and O–H groups in total. The van der Waals surface area contributed by atoms with Gasteiger partial charge < -0.3 is 22.7 Å². The van der Waals surface area contributed by atoms with Gasteiger partial charge in [0.15, 0.2) is 0 Å². The number of aliphatic hydroxyl groups is 1. The summed E-state index contributed by atoms with van der Waals surface area (Å²) >= 11 is 4.37. The number of thiocarbonyl (C=S) groups is 1. The molecular formula is C4H11N2NaO2S. The molecule has 1 unspecified atom stereocenters. The van der Waals surface area contributed by atoms with Gasteiger partial charge in [0, 0.05) is 6.54 Å². The average molecular weight is 174 g/mol. The minimum atomic E-state index is -0.675. The van der Waals surface area contributed by atoms with Gasteiger partial charge in [-0.25, -0.2) is 0 Å². The molecule has 0 aromatic rings. The Labute approximate surface area is 88.7 Å². The van der Waals surface area contributed by atoms with Crippen LogP contribution in [0.4, 0.5) is 0 Å². The molecule has 10 heavy (non-hydrogen) atoms. The van der Waals surface area contributed by atoms with Gasteiger partial charge >= 0.3 is 29.6 Å². The van der Waals surface area contributed by atoms with Gasteiger partial charge in [0.05, 0.1) is 0 Å². The number of hydrogen-bond acceptors (Lipinski definition) is 4. The summed E-state index contributed by atoms with van der Waals surface area (Å²) in [5, 5.41) is 8.67. The van der Waals surface area contributed by atoms with Crippen LogP contribution in [0.5, 0.6) is 0 Å². The maximum absolute atomic E-state index is 8.74. The Hall–Kier alpha value is 0.610. The maximum atomic E-state index is 8.74. The zero-order chi connectivity index (χ0) is 7.28. The van der Waals surface area contributed by atoms with Gasteiger partial charge in [-0.15, -0.1) is 0 Å². The van der Waals surface area contributed by atoms with Crippen LogP contribution < -0.4 is 41.0 Å². The largest absolute Gasteiger partial charge is 1.00 e. The maximum Gasteiger partial charge on any atom is 1.00 e. The molecule has 0 aromatic carbocycles. The first-order valence-corrected chi connectivity index (χ1v) is 2.88. The van der Waals surface area contributed by atoms with Crippen molar-refractivity contribution in [3.05, 3.63) is 0 Å². The third kappa shape index (κ3) is 8.61. The van der Waals surface area contributed by atoms with E-state index in [-0.39, 0.29) is 49.3 Å². The molecule has 0 heterocycles. The smallest absolute Gasteiger partial charge is 1.00 e. The summed E-state index contributed by atoms with van der Waals surface area (Å²) in [6.45, 7) is 0.231. The van der Waals surface area contributed by atoms with Crippen LogP contribution in [0.1, 0.15) is 1.43 Å². The van der Waals surface area contributed by atoms with Crippen molar-refractivity contribution in [2.24, 2.45) is 11.5 Å². The molecule has 4 nitrogen and oxygen atoms in total. The topological polar surface area (TPSA) is 81.5 Å². The van der Waals surface area contributed by atoms with Crippen molar-refractivity contribution >= 4 is 17.4 Å². The van der Waals surface area contributed by atoms with Crippen LogP contribution in [-0.2, 0) is 4.74 Å². The van der Waals surface area contributed by atoms with E-state index in [4.69, 9.17) is 16.6 Å². The van der Waals surface area contributed by atoms with E-state index < -0.39 is 6.10 Å². The van der Waals surface area contributed by atoms with E-state index in [1.54, 1.807) is 0 Å². The molecule has 0 saturated carbocycles. The van der Waals surface area contributed by atoms with Gasteiger partial charge in [-0.05, 0) is 12.2 Å². The second kappa shape index (κ2) is 7.71. The van der Waals surface area contributed by atoms with Crippen LogP contribution in [0.25, 0.3) is 0 Å². The van der Waals surface area contributed by atoms with E-state index in [2.05, 4.69) is 17.0 Å². The number of ether oxygens (including phenoxy) is 1. The zero-order valence-corrected chi connectivity index (χ0v) is 8.73. The van der Waals surface area contributed by atoms with E-state index in [9.17, 15) is 0 Å². The number of rotatable bonds is 3. The summed E-state index contributed by atoms with van der Waals surface area (Å²) < 4.78 is 4.57. The molecule has 1 atom stereocenters. The van der Waals surface area contributed by atoms with Gasteiger partial charge in [0.2, 0.25) is 0 Å². The average Bonchev–Trinajstić information content (AvgIpc) is 1.83. The molecule has 56 valence electrons. The summed E-state index contributed by atoms with van der Waals surface area (Å²) in [5.41, 5.74) is 10.00. The fourth-order valence-corrected chi connectivity index (χ4v) is 0.314. The minimum Gasteiger partial charge on any atom is -1.00 e. The standard InChI is InChI=1S/C4H10N2O2S.Na.H/c5-1-3(7)2-8-4(6)9;;/h3,7H,1-2,5H2,(H2,6,9);;/q;+1;-1. The number of nitrogens with two attached hydrogens (primary N) is 2. The van der Waals surface area contributed by atoms with Crippen molar-refractivity contribution in [2.45, 2.75) is 6.10 Å². The molecule has 0 aliphatic rings. The molecular weight excluding hydrogens is 163 g/mol. The Bertz CT molecular complexity index is 108. The van der Waals surface area contributed by atoms with Crippen LogP contribution in [0.3, 0.4) is 0 Å². The molecule has 0 fully saturated rings. The first kappa shape index (κ1) is 13.2. The Morgan fingerprint density at radius 1 is 1.80 bits per heavy atom. The van der Waals surface area contributed by atoms with Gasteiger partial charge in [-0.2, -0.15) is 0 Å². The van der Waals surface area contributed by atoms with Crippen LogP contribution in [-0.4, -0.2) is 29.5 Å². The molecule has 0 aliphatic carbocycles. The SMILES string of the molecule is NCC(O)COC(N)=S.[H-].[Na+]. The Kier molecular flexibility index (Phi) is 10.2. The first-order valence-electron chi connectivity index (χ1n) is 2.47. The molecule has 0 aliphatic heterocycles. The molecule has 0 amide bonds. The molecule has 0 bridgehead atoms. The fourth-order valence-electron chi connectivity index (χ4n) is 0.246. The van der Waals surface area contributed by atoms with E-state index in [0.717, 1.165) is 0 Å². The predicted octanol–water partition coefficient (Wildman–Crippen LogP) is -4.32. The Morgan fingerprint density at radius 2 is 2.30 bits per heavy atom.